The Morgan fingerprint density at radius 3 is 2.37 bits per heavy atom. The molecule has 0 aliphatic carbocycles. The summed E-state index contributed by atoms with van der Waals surface area (Å²) in [5.74, 6) is 0.659. The minimum atomic E-state index is 0.659. The van der Waals surface area contributed by atoms with E-state index in [-0.39, 0.29) is 0 Å². The molecule has 0 bridgehead atoms. The van der Waals surface area contributed by atoms with Crippen LogP contribution in [0.2, 0.25) is 0 Å². The summed E-state index contributed by atoms with van der Waals surface area (Å²) in [5, 5.41) is 9.48. The molecule has 0 heterocycles. The molecule has 1 nitrogen and oxygen atoms in total. The molecule has 2 rings (SSSR count). The highest BCUT2D eigenvalue weighted by atomic mass is 14.3. The molecule has 0 spiro atoms. The van der Waals surface area contributed by atoms with E-state index in [4.69, 9.17) is 0 Å². The minimum Gasteiger partial charge on any atom is -0.192 e. The van der Waals surface area contributed by atoms with Crippen LogP contribution >= 0.6 is 0 Å². The van der Waals surface area contributed by atoms with Gasteiger partial charge in [-0.3, -0.25) is 0 Å². The lowest BCUT2D eigenvalue weighted by Crippen LogP contribution is -1.97. The van der Waals surface area contributed by atoms with Gasteiger partial charge in [0.15, 0.2) is 0 Å². The summed E-state index contributed by atoms with van der Waals surface area (Å²) >= 11 is 0. The number of nitriles is 1. The fourth-order valence-corrected chi connectivity index (χ4v) is 2.24. The van der Waals surface area contributed by atoms with Crippen LogP contribution in [0, 0.1) is 17.2 Å². The summed E-state index contributed by atoms with van der Waals surface area (Å²) in [7, 11) is 0. The second kappa shape index (κ2) is 6.20. The van der Waals surface area contributed by atoms with Crippen molar-refractivity contribution in [2.45, 2.75) is 26.7 Å². The van der Waals surface area contributed by atoms with Gasteiger partial charge in [-0.05, 0) is 35.4 Å². The third-order valence-corrected chi connectivity index (χ3v) is 3.34. The maximum absolute atomic E-state index is 9.48. The van der Waals surface area contributed by atoms with Gasteiger partial charge in [0, 0.05) is 0 Å². The molecule has 0 radical (unpaired) electrons. The average Bonchev–Trinajstić information content (AvgIpc) is 2.45. The average molecular weight is 249 g/mol. The summed E-state index contributed by atoms with van der Waals surface area (Å²) in [6.07, 6.45) is 2.09. The van der Waals surface area contributed by atoms with E-state index in [2.05, 4.69) is 44.2 Å². The maximum atomic E-state index is 9.48. The number of hydrogen-bond acceptors (Lipinski definition) is 1. The number of rotatable bonds is 4. The van der Waals surface area contributed by atoms with Gasteiger partial charge in [0.1, 0.15) is 6.07 Å². The standard InChI is InChI=1S/C18H19N/c1-14(2)11-12-16-9-6-10-17(18(16)13-19)15-7-4-3-5-8-15/h3-10,14H,11-12H2,1-2H3. The third kappa shape index (κ3) is 3.23. The molecule has 1 heteroatoms. The number of benzene rings is 2. The van der Waals surface area contributed by atoms with Crippen molar-refractivity contribution in [3.63, 3.8) is 0 Å². The number of aryl methyl sites for hydroxylation is 1. The Labute approximate surface area is 115 Å². The van der Waals surface area contributed by atoms with Crippen LogP contribution in [0.3, 0.4) is 0 Å². The minimum absolute atomic E-state index is 0.659. The van der Waals surface area contributed by atoms with Crippen LogP contribution < -0.4 is 0 Å². The first kappa shape index (κ1) is 13.4. The van der Waals surface area contributed by atoms with Crippen LogP contribution in [0.15, 0.2) is 48.5 Å². The quantitative estimate of drug-likeness (QED) is 0.762. The van der Waals surface area contributed by atoms with Crippen LogP contribution in [-0.4, -0.2) is 0 Å². The van der Waals surface area contributed by atoms with Crippen LogP contribution in [0.1, 0.15) is 31.4 Å². The van der Waals surface area contributed by atoms with Crippen molar-refractivity contribution in [1.82, 2.24) is 0 Å². The summed E-state index contributed by atoms with van der Waals surface area (Å²) < 4.78 is 0. The molecule has 0 N–H and O–H groups in total. The molecule has 96 valence electrons. The third-order valence-electron chi connectivity index (χ3n) is 3.34. The lowest BCUT2D eigenvalue weighted by Gasteiger charge is -2.11. The van der Waals surface area contributed by atoms with E-state index in [1.165, 1.54) is 0 Å². The van der Waals surface area contributed by atoms with Gasteiger partial charge in [0.05, 0.1) is 5.56 Å². The summed E-state index contributed by atoms with van der Waals surface area (Å²) in [6.45, 7) is 4.43. The van der Waals surface area contributed by atoms with Gasteiger partial charge < -0.3 is 0 Å². The Kier molecular flexibility index (Phi) is 4.36. The SMILES string of the molecule is CC(C)CCc1cccc(-c2ccccc2)c1C#N. The largest absolute Gasteiger partial charge is 0.192 e. The van der Waals surface area contributed by atoms with E-state index in [0.717, 1.165) is 35.1 Å². The van der Waals surface area contributed by atoms with Gasteiger partial charge in [-0.25, -0.2) is 0 Å². The Bertz CT molecular complexity index is 576. The molecular weight excluding hydrogens is 230 g/mol. The molecule has 19 heavy (non-hydrogen) atoms. The van der Waals surface area contributed by atoms with E-state index in [1.54, 1.807) is 0 Å². The number of nitrogens with zero attached hydrogens (tertiary/aromatic N) is 1. The molecule has 2 aromatic carbocycles. The van der Waals surface area contributed by atoms with Crippen LogP contribution in [-0.2, 0) is 6.42 Å². The molecule has 0 unspecified atom stereocenters. The predicted octanol–water partition coefficient (Wildman–Crippen LogP) is 4.81. The second-order valence-electron chi connectivity index (χ2n) is 5.25. The summed E-state index contributed by atoms with van der Waals surface area (Å²) in [5.41, 5.74) is 4.15. The fraction of sp³-hybridized carbons (Fsp3) is 0.278. The van der Waals surface area contributed by atoms with E-state index >= 15 is 0 Å². The zero-order valence-corrected chi connectivity index (χ0v) is 11.6. The molecule has 0 fully saturated rings. The maximum Gasteiger partial charge on any atom is 0.100 e. The highest BCUT2D eigenvalue weighted by Gasteiger charge is 2.09. The lowest BCUT2D eigenvalue weighted by molar-refractivity contribution is 0.586. The monoisotopic (exact) mass is 249 g/mol. The first-order valence-corrected chi connectivity index (χ1v) is 6.79. The summed E-state index contributed by atoms with van der Waals surface area (Å²) in [6, 6.07) is 18.7. The Hall–Kier alpha value is -2.07. The lowest BCUT2D eigenvalue weighted by atomic mass is 9.92. The molecule has 0 saturated heterocycles. The molecule has 0 aliphatic heterocycles. The molecule has 2 aromatic rings. The van der Waals surface area contributed by atoms with Crippen molar-refractivity contribution in [2.24, 2.45) is 5.92 Å². The topological polar surface area (TPSA) is 23.8 Å². The van der Waals surface area contributed by atoms with Crippen molar-refractivity contribution in [3.8, 4) is 17.2 Å². The van der Waals surface area contributed by atoms with E-state index < -0.39 is 0 Å². The van der Waals surface area contributed by atoms with Gasteiger partial charge >= 0.3 is 0 Å². The Morgan fingerprint density at radius 2 is 1.74 bits per heavy atom. The Morgan fingerprint density at radius 1 is 1.00 bits per heavy atom. The molecule has 0 aromatic heterocycles. The van der Waals surface area contributed by atoms with Gasteiger partial charge in [0.25, 0.3) is 0 Å². The fourth-order valence-electron chi connectivity index (χ4n) is 2.24. The van der Waals surface area contributed by atoms with Gasteiger partial charge in [0.2, 0.25) is 0 Å². The van der Waals surface area contributed by atoms with Crippen LogP contribution in [0.5, 0.6) is 0 Å². The van der Waals surface area contributed by atoms with E-state index in [1.807, 2.05) is 24.3 Å². The molecule has 0 amide bonds. The number of hydrogen-bond donors (Lipinski definition) is 0. The molecule has 0 saturated carbocycles. The van der Waals surface area contributed by atoms with Crippen molar-refractivity contribution in [2.75, 3.05) is 0 Å². The van der Waals surface area contributed by atoms with Crippen molar-refractivity contribution in [3.05, 3.63) is 59.7 Å². The second-order valence-corrected chi connectivity index (χ2v) is 5.25. The Balaban J connectivity index is 2.41. The zero-order valence-electron chi connectivity index (χ0n) is 11.6. The highest BCUT2D eigenvalue weighted by molar-refractivity contribution is 5.72. The van der Waals surface area contributed by atoms with Gasteiger partial charge in [-0.1, -0.05) is 62.4 Å². The molecule has 0 atom stereocenters. The first-order valence-electron chi connectivity index (χ1n) is 6.79. The smallest absolute Gasteiger partial charge is 0.100 e. The van der Waals surface area contributed by atoms with Crippen LogP contribution in [0.4, 0.5) is 0 Å². The van der Waals surface area contributed by atoms with Gasteiger partial charge in [-0.15, -0.1) is 0 Å². The van der Waals surface area contributed by atoms with Crippen molar-refractivity contribution in [1.29, 1.82) is 5.26 Å². The van der Waals surface area contributed by atoms with Gasteiger partial charge in [-0.2, -0.15) is 5.26 Å². The highest BCUT2D eigenvalue weighted by Crippen LogP contribution is 2.26. The zero-order chi connectivity index (χ0) is 13.7. The van der Waals surface area contributed by atoms with Crippen molar-refractivity contribution >= 4 is 0 Å². The normalized spacial score (nSPS) is 10.4. The van der Waals surface area contributed by atoms with Crippen molar-refractivity contribution < 1.29 is 0 Å². The summed E-state index contributed by atoms with van der Waals surface area (Å²) in [4.78, 5) is 0. The molecule has 0 aliphatic rings. The molecular formula is C18H19N. The van der Waals surface area contributed by atoms with Crippen LogP contribution in [0.25, 0.3) is 11.1 Å². The first-order chi connectivity index (χ1) is 9.22. The van der Waals surface area contributed by atoms with E-state index in [0.29, 0.717) is 5.92 Å². The predicted molar refractivity (Wildman–Crippen MR) is 79.8 cm³/mol. The van der Waals surface area contributed by atoms with E-state index in [9.17, 15) is 5.26 Å².